The van der Waals surface area contributed by atoms with Crippen LogP contribution in [-0.2, 0) is 4.79 Å². The number of fused-ring (bicyclic) bond motifs is 1. The first-order valence-electron chi connectivity index (χ1n) is 7.17. The van der Waals surface area contributed by atoms with Crippen molar-refractivity contribution in [3.05, 3.63) is 30.2 Å². The Kier molecular flexibility index (Phi) is 3.60. The Morgan fingerprint density at radius 2 is 2.23 bits per heavy atom. The molecular formula is C16H18FN3O2. The van der Waals surface area contributed by atoms with Crippen LogP contribution in [0.3, 0.4) is 0 Å². The van der Waals surface area contributed by atoms with Crippen molar-refractivity contribution in [3.8, 4) is 5.75 Å². The van der Waals surface area contributed by atoms with E-state index in [1.54, 1.807) is 12.3 Å². The first-order valence-corrected chi connectivity index (χ1v) is 7.17. The number of carbonyl (C=O) groups excluding carboxylic acids is 1. The van der Waals surface area contributed by atoms with Crippen molar-refractivity contribution in [1.29, 1.82) is 0 Å². The quantitative estimate of drug-likeness (QED) is 0.941. The lowest BCUT2D eigenvalue weighted by Gasteiger charge is -2.20. The zero-order valence-corrected chi connectivity index (χ0v) is 12.5. The first-order chi connectivity index (χ1) is 10.5. The number of hydrogen-bond acceptors (Lipinski definition) is 4. The molecule has 1 aromatic carbocycles. The van der Waals surface area contributed by atoms with Crippen LogP contribution in [0.1, 0.15) is 6.92 Å². The van der Waals surface area contributed by atoms with Crippen molar-refractivity contribution in [3.63, 3.8) is 0 Å². The Bertz CT molecular complexity index is 735. The van der Waals surface area contributed by atoms with E-state index in [2.05, 4.69) is 9.88 Å². The summed E-state index contributed by atoms with van der Waals surface area (Å²) in [7, 11) is 1.43. The van der Waals surface area contributed by atoms with Gasteiger partial charge in [-0.2, -0.15) is 0 Å². The summed E-state index contributed by atoms with van der Waals surface area (Å²) in [4.78, 5) is 17.8. The van der Waals surface area contributed by atoms with Gasteiger partial charge in [-0.1, -0.05) is 6.92 Å². The normalized spacial score (nSPS) is 21.3. The minimum absolute atomic E-state index is 0.175. The average molecular weight is 303 g/mol. The number of carbonyl (C=O) groups is 1. The molecule has 1 aliphatic heterocycles. The minimum atomic E-state index is -0.440. The van der Waals surface area contributed by atoms with Gasteiger partial charge in [0, 0.05) is 36.4 Å². The molecular weight excluding hydrogens is 285 g/mol. The van der Waals surface area contributed by atoms with E-state index in [1.165, 1.54) is 13.2 Å². The van der Waals surface area contributed by atoms with Crippen LogP contribution in [0.25, 0.3) is 10.9 Å². The molecule has 1 saturated heterocycles. The number of nitrogens with zero attached hydrogens (tertiary/aromatic N) is 2. The van der Waals surface area contributed by atoms with Crippen LogP contribution in [0.15, 0.2) is 24.4 Å². The van der Waals surface area contributed by atoms with Gasteiger partial charge >= 0.3 is 0 Å². The van der Waals surface area contributed by atoms with Crippen molar-refractivity contribution in [2.75, 3.05) is 25.1 Å². The number of primary amides is 1. The van der Waals surface area contributed by atoms with Gasteiger partial charge in [0.05, 0.1) is 18.5 Å². The zero-order valence-electron chi connectivity index (χ0n) is 12.5. The number of benzene rings is 1. The molecule has 1 amide bonds. The molecule has 3 rings (SSSR count). The van der Waals surface area contributed by atoms with Crippen LogP contribution < -0.4 is 15.4 Å². The summed E-state index contributed by atoms with van der Waals surface area (Å²) in [5.74, 6) is -0.532. The van der Waals surface area contributed by atoms with Crippen molar-refractivity contribution >= 4 is 22.5 Å². The third-order valence-corrected chi connectivity index (χ3v) is 4.31. The van der Waals surface area contributed by atoms with Crippen LogP contribution >= 0.6 is 0 Å². The molecule has 0 saturated carbocycles. The third kappa shape index (κ3) is 2.34. The van der Waals surface area contributed by atoms with E-state index in [1.807, 2.05) is 13.0 Å². The van der Waals surface area contributed by atoms with Gasteiger partial charge in [-0.25, -0.2) is 4.39 Å². The zero-order chi connectivity index (χ0) is 15.9. The van der Waals surface area contributed by atoms with Gasteiger partial charge < -0.3 is 15.4 Å². The van der Waals surface area contributed by atoms with Gasteiger partial charge in [0.1, 0.15) is 0 Å². The Morgan fingerprint density at radius 3 is 2.86 bits per heavy atom. The SMILES string of the molecule is COc1cc2c(N3C[C@@H](C)[C@H](C(N)=O)C3)ccnc2cc1F. The summed E-state index contributed by atoms with van der Waals surface area (Å²) in [6.07, 6.45) is 1.64. The molecule has 0 aliphatic carbocycles. The molecule has 0 bridgehead atoms. The molecule has 22 heavy (non-hydrogen) atoms. The number of aromatic nitrogens is 1. The smallest absolute Gasteiger partial charge is 0.222 e. The molecule has 5 nitrogen and oxygen atoms in total. The Balaban J connectivity index is 2.06. The fourth-order valence-corrected chi connectivity index (χ4v) is 3.10. The topological polar surface area (TPSA) is 68.5 Å². The number of halogens is 1. The van der Waals surface area contributed by atoms with Gasteiger partial charge in [-0.05, 0) is 18.1 Å². The Hall–Kier alpha value is -2.37. The first kappa shape index (κ1) is 14.6. The molecule has 116 valence electrons. The number of nitrogens with two attached hydrogens (primary N) is 1. The summed E-state index contributed by atoms with van der Waals surface area (Å²) < 4.78 is 18.9. The second kappa shape index (κ2) is 5.44. The summed E-state index contributed by atoms with van der Waals surface area (Å²) in [6, 6.07) is 4.88. The lowest BCUT2D eigenvalue weighted by Crippen LogP contribution is -2.29. The lowest BCUT2D eigenvalue weighted by atomic mass is 9.98. The Morgan fingerprint density at radius 1 is 1.45 bits per heavy atom. The average Bonchev–Trinajstić information content (AvgIpc) is 2.87. The number of ether oxygens (including phenoxy) is 1. The Labute approximate surface area is 127 Å². The lowest BCUT2D eigenvalue weighted by molar-refractivity contribution is -0.122. The summed E-state index contributed by atoms with van der Waals surface area (Å²) in [5, 5.41) is 0.804. The van der Waals surface area contributed by atoms with Crippen LogP contribution in [-0.4, -0.2) is 31.1 Å². The maximum absolute atomic E-state index is 13.8. The van der Waals surface area contributed by atoms with Gasteiger partial charge in [0.25, 0.3) is 0 Å². The highest BCUT2D eigenvalue weighted by Crippen LogP contribution is 2.34. The van der Waals surface area contributed by atoms with Crippen LogP contribution in [0.4, 0.5) is 10.1 Å². The van der Waals surface area contributed by atoms with Crippen molar-refractivity contribution in [1.82, 2.24) is 4.98 Å². The minimum Gasteiger partial charge on any atom is -0.494 e. The highest BCUT2D eigenvalue weighted by molar-refractivity contribution is 5.93. The summed E-state index contributed by atoms with van der Waals surface area (Å²) >= 11 is 0. The van der Waals surface area contributed by atoms with E-state index in [4.69, 9.17) is 10.5 Å². The maximum Gasteiger partial charge on any atom is 0.222 e. The number of hydrogen-bond donors (Lipinski definition) is 1. The molecule has 2 aromatic rings. The number of amides is 1. The molecule has 1 aliphatic rings. The van der Waals surface area contributed by atoms with Gasteiger partial charge in [0.15, 0.2) is 11.6 Å². The van der Waals surface area contributed by atoms with Crippen LogP contribution in [0, 0.1) is 17.7 Å². The molecule has 1 fully saturated rings. The number of pyridine rings is 1. The standard InChI is InChI=1S/C16H18FN3O2/c1-9-7-20(8-11(9)16(18)21)14-3-4-19-13-6-12(17)15(22-2)5-10(13)14/h3-6,9,11H,7-8H2,1-2H3,(H2,18,21)/t9-,11-/m1/s1. The molecule has 0 spiro atoms. The molecule has 1 aromatic heterocycles. The van der Waals surface area contributed by atoms with E-state index in [9.17, 15) is 9.18 Å². The van der Waals surface area contributed by atoms with Crippen molar-refractivity contribution in [2.24, 2.45) is 17.6 Å². The van der Waals surface area contributed by atoms with E-state index >= 15 is 0 Å². The summed E-state index contributed by atoms with van der Waals surface area (Å²) in [5.41, 5.74) is 6.94. The summed E-state index contributed by atoms with van der Waals surface area (Å²) in [6.45, 7) is 3.31. The maximum atomic E-state index is 13.8. The molecule has 6 heteroatoms. The van der Waals surface area contributed by atoms with Crippen LogP contribution in [0.2, 0.25) is 0 Å². The number of anilines is 1. The largest absolute Gasteiger partial charge is 0.494 e. The second-order valence-electron chi connectivity index (χ2n) is 5.73. The molecule has 2 atom stereocenters. The third-order valence-electron chi connectivity index (χ3n) is 4.31. The van der Waals surface area contributed by atoms with Crippen molar-refractivity contribution < 1.29 is 13.9 Å². The van der Waals surface area contributed by atoms with E-state index in [-0.39, 0.29) is 23.5 Å². The fourth-order valence-electron chi connectivity index (χ4n) is 3.10. The predicted molar refractivity (Wildman–Crippen MR) is 82.3 cm³/mol. The fraction of sp³-hybridized carbons (Fsp3) is 0.375. The van der Waals surface area contributed by atoms with Gasteiger partial charge in [-0.3, -0.25) is 9.78 Å². The van der Waals surface area contributed by atoms with Crippen molar-refractivity contribution in [2.45, 2.75) is 6.92 Å². The molecule has 2 heterocycles. The monoisotopic (exact) mass is 303 g/mol. The molecule has 0 unspecified atom stereocenters. The highest BCUT2D eigenvalue weighted by atomic mass is 19.1. The van der Waals surface area contributed by atoms with Crippen LogP contribution in [0.5, 0.6) is 5.75 Å². The van der Waals surface area contributed by atoms with E-state index < -0.39 is 5.82 Å². The molecule has 2 N–H and O–H groups in total. The number of methoxy groups -OCH3 is 1. The van der Waals surface area contributed by atoms with Gasteiger partial charge in [-0.15, -0.1) is 0 Å². The van der Waals surface area contributed by atoms with E-state index in [0.29, 0.717) is 12.1 Å². The highest BCUT2D eigenvalue weighted by Gasteiger charge is 2.34. The second-order valence-corrected chi connectivity index (χ2v) is 5.73. The van der Waals surface area contributed by atoms with Gasteiger partial charge in [0.2, 0.25) is 5.91 Å². The molecule has 0 radical (unpaired) electrons. The number of rotatable bonds is 3. The predicted octanol–water partition coefficient (Wildman–Crippen LogP) is 1.94. The van der Waals surface area contributed by atoms with E-state index in [0.717, 1.165) is 17.6 Å².